The zero-order chi connectivity index (χ0) is 17.7. The Morgan fingerprint density at radius 3 is 2.50 bits per heavy atom. The first-order valence-corrected chi connectivity index (χ1v) is 9.97. The third-order valence-electron chi connectivity index (χ3n) is 4.29. The van der Waals surface area contributed by atoms with E-state index in [1.54, 1.807) is 23.1 Å². The molecule has 1 heterocycles. The molecule has 6 nitrogen and oxygen atoms in total. The van der Waals surface area contributed by atoms with E-state index >= 15 is 0 Å². The maximum absolute atomic E-state index is 13.0. The SMILES string of the molecule is CCCCN(C(=O)c1ccc(OC)c(OC)c1)[C@H]1CCS(=O)(=O)C1. The van der Waals surface area contributed by atoms with E-state index in [9.17, 15) is 13.2 Å². The van der Waals surface area contributed by atoms with Crippen molar-refractivity contribution in [2.45, 2.75) is 32.2 Å². The number of rotatable bonds is 7. The van der Waals surface area contributed by atoms with Gasteiger partial charge in [-0.05, 0) is 31.0 Å². The molecule has 0 aromatic heterocycles. The van der Waals surface area contributed by atoms with Crippen molar-refractivity contribution in [1.82, 2.24) is 4.90 Å². The quantitative estimate of drug-likeness (QED) is 0.749. The third-order valence-corrected chi connectivity index (χ3v) is 6.04. The number of hydrogen-bond donors (Lipinski definition) is 0. The molecule has 1 aromatic rings. The molecule has 1 aliphatic heterocycles. The Hall–Kier alpha value is -1.76. The number of benzene rings is 1. The standard InChI is InChI=1S/C17H25NO5S/c1-4-5-9-18(14-8-10-24(20,21)12-14)17(19)13-6-7-15(22-2)16(11-13)23-3/h6-7,11,14H,4-5,8-10,12H2,1-3H3/t14-/m0/s1. The highest BCUT2D eigenvalue weighted by molar-refractivity contribution is 7.91. The zero-order valence-corrected chi connectivity index (χ0v) is 15.3. The molecule has 0 bridgehead atoms. The summed E-state index contributed by atoms with van der Waals surface area (Å²) in [6.07, 6.45) is 2.29. The summed E-state index contributed by atoms with van der Waals surface area (Å²) < 4.78 is 34.0. The van der Waals surface area contributed by atoms with E-state index in [0.717, 1.165) is 12.8 Å². The van der Waals surface area contributed by atoms with Crippen LogP contribution in [-0.4, -0.2) is 57.5 Å². The first kappa shape index (κ1) is 18.6. The van der Waals surface area contributed by atoms with E-state index in [2.05, 4.69) is 0 Å². The van der Waals surface area contributed by atoms with Gasteiger partial charge in [-0.3, -0.25) is 4.79 Å². The Morgan fingerprint density at radius 2 is 1.96 bits per heavy atom. The molecule has 0 aliphatic carbocycles. The Bertz CT molecular complexity index is 686. The smallest absolute Gasteiger partial charge is 0.254 e. The summed E-state index contributed by atoms with van der Waals surface area (Å²) in [5.41, 5.74) is 0.480. The lowest BCUT2D eigenvalue weighted by Crippen LogP contribution is -2.41. The number of amides is 1. The van der Waals surface area contributed by atoms with Crippen LogP contribution in [0.3, 0.4) is 0 Å². The van der Waals surface area contributed by atoms with Crippen LogP contribution in [-0.2, 0) is 9.84 Å². The van der Waals surface area contributed by atoms with Crippen molar-refractivity contribution in [2.75, 3.05) is 32.3 Å². The largest absolute Gasteiger partial charge is 0.493 e. The predicted molar refractivity (Wildman–Crippen MR) is 92.5 cm³/mol. The van der Waals surface area contributed by atoms with Gasteiger partial charge in [0.1, 0.15) is 0 Å². The molecule has 0 unspecified atom stereocenters. The fourth-order valence-corrected chi connectivity index (χ4v) is 4.67. The van der Waals surface area contributed by atoms with Crippen molar-refractivity contribution < 1.29 is 22.7 Å². The van der Waals surface area contributed by atoms with E-state index < -0.39 is 9.84 Å². The molecular formula is C17H25NO5S. The molecule has 1 aliphatic rings. The van der Waals surface area contributed by atoms with Gasteiger partial charge in [0.15, 0.2) is 21.3 Å². The number of ether oxygens (including phenoxy) is 2. The average Bonchev–Trinajstić information content (AvgIpc) is 2.94. The van der Waals surface area contributed by atoms with Crippen LogP contribution in [0.25, 0.3) is 0 Å². The van der Waals surface area contributed by atoms with Crippen LogP contribution < -0.4 is 9.47 Å². The number of methoxy groups -OCH3 is 2. The molecule has 0 saturated carbocycles. The van der Waals surface area contributed by atoms with E-state index in [0.29, 0.717) is 30.0 Å². The Labute approximate surface area is 143 Å². The highest BCUT2D eigenvalue weighted by atomic mass is 32.2. The Balaban J connectivity index is 2.27. The van der Waals surface area contributed by atoms with Crippen LogP contribution in [0, 0.1) is 0 Å². The van der Waals surface area contributed by atoms with Gasteiger partial charge in [0.25, 0.3) is 5.91 Å². The maximum atomic E-state index is 13.0. The lowest BCUT2D eigenvalue weighted by Gasteiger charge is -2.28. The normalized spacial score (nSPS) is 19.0. The Morgan fingerprint density at radius 1 is 1.25 bits per heavy atom. The molecular weight excluding hydrogens is 330 g/mol. The summed E-state index contributed by atoms with van der Waals surface area (Å²) in [6, 6.07) is 4.77. The van der Waals surface area contributed by atoms with Crippen LogP contribution in [0.15, 0.2) is 18.2 Å². The molecule has 134 valence electrons. The van der Waals surface area contributed by atoms with Crippen LogP contribution in [0.2, 0.25) is 0 Å². The van der Waals surface area contributed by atoms with E-state index in [-0.39, 0.29) is 23.5 Å². The highest BCUT2D eigenvalue weighted by Gasteiger charge is 2.34. The molecule has 1 aromatic carbocycles. The van der Waals surface area contributed by atoms with Crippen molar-refractivity contribution in [3.8, 4) is 11.5 Å². The maximum Gasteiger partial charge on any atom is 0.254 e. The van der Waals surface area contributed by atoms with E-state index in [4.69, 9.17) is 9.47 Å². The molecule has 7 heteroatoms. The summed E-state index contributed by atoms with van der Waals surface area (Å²) in [4.78, 5) is 14.7. The molecule has 2 rings (SSSR count). The van der Waals surface area contributed by atoms with Gasteiger partial charge in [-0.15, -0.1) is 0 Å². The molecule has 1 atom stereocenters. The van der Waals surface area contributed by atoms with Crippen LogP contribution in [0.4, 0.5) is 0 Å². The summed E-state index contributed by atoms with van der Waals surface area (Å²) in [5, 5.41) is 0. The number of unbranched alkanes of at least 4 members (excludes halogenated alkanes) is 1. The van der Waals surface area contributed by atoms with E-state index in [1.165, 1.54) is 14.2 Å². The third kappa shape index (κ3) is 4.20. The van der Waals surface area contributed by atoms with Gasteiger partial charge in [-0.1, -0.05) is 13.3 Å². The molecule has 0 radical (unpaired) electrons. The van der Waals surface area contributed by atoms with Gasteiger partial charge in [0, 0.05) is 18.2 Å². The molecule has 1 fully saturated rings. The first-order chi connectivity index (χ1) is 11.4. The van der Waals surface area contributed by atoms with Gasteiger partial charge >= 0.3 is 0 Å². The molecule has 0 spiro atoms. The minimum atomic E-state index is -3.04. The van der Waals surface area contributed by atoms with Gasteiger partial charge in [0.05, 0.1) is 25.7 Å². The number of carbonyl (C=O) groups is 1. The van der Waals surface area contributed by atoms with Crippen molar-refractivity contribution in [3.05, 3.63) is 23.8 Å². The summed E-state index contributed by atoms with van der Waals surface area (Å²) in [7, 11) is 0.0130. The van der Waals surface area contributed by atoms with Crippen LogP contribution >= 0.6 is 0 Å². The topological polar surface area (TPSA) is 72.9 Å². The summed E-state index contributed by atoms with van der Waals surface area (Å²) >= 11 is 0. The zero-order valence-electron chi connectivity index (χ0n) is 14.4. The van der Waals surface area contributed by atoms with Crippen molar-refractivity contribution in [1.29, 1.82) is 0 Å². The lowest BCUT2D eigenvalue weighted by molar-refractivity contribution is 0.0693. The van der Waals surface area contributed by atoms with Crippen molar-refractivity contribution in [3.63, 3.8) is 0 Å². The Kier molecular flexibility index (Phi) is 6.10. The van der Waals surface area contributed by atoms with Crippen molar-refractivity contribution >= 4 is 15.7 Å². The number of nitrogens with zero attached hydrogens (tertiary/aromatic N) is 1. The van der Waals surface area contributed by atoms with Crippen LogP contribution in [0.1, 0.15) is 36.5 Å². The molecule has 24 heavy (non-hydrogen) atoms. The van der Waals surface area contributed by atoms with Crippen LogP contribution in [0.5, 0.6) is 11.5 Å². The second kappa shape index (κ2) is 7.88. The second-order valence-corrected chi connectivity index (χ2v) is 8.21. The lowest BCUT2D eigenvalue weighted by atomic mass is 10.1. The van der Waals surface area contributed by atoms with Gasteiger partial charge < -0.3 is 14.4 Å². The van der Waals surface area contributed by atoms with Gasteiger partial charge in [-0.25, -0.2) is 8.42 Å². The summed E-state index contributed by atoms with van der Waals surface area (Å²) in [5.74, 6) is 1.08. The fraction of sp³-hybridized carbons (Fsp3) is 0.588. The van der Waals surface area contributed by atoms with E-state index in [1.807, 2.05) is 6.92 Å². The number of sulfone groups is 1. The molecule has 1 saturated heterocycles. The molecule has 1 amide bonds. The summed E-state index contributed by atoms with van der Waals surface area (Å²) in [6.45, 7) is 2.61. The number of hydrogen-bond acceptors (Lipinski definition) is 5. The van der Waals surface area contributed by atoms with Gasteiger partial charge in [0.2, 0.25) is 0 Å². The first-order valence-electron chi connectivity index (χ1n) is 8.15. The highest BCUT2D eigenvalue weighted by Crippen LogP contribution is 2.29. The monoisotopic (exact) mass is 355 g/mol. The molecule has 0 N–H and O–H groups in total. The van der Waals surface area contributed by atoms with Crippen molar-refractivity contribution in [2.24, 2.45) is 0 Å². The fourth-order valence-electron chi connectivity index (χ4n) is 2.93. The van der Waals surface area contributed by atoms with Gasteiger partial charge in [-0.2, -0.15) is 0 Å². The average molecular weight is 355 g/mol. The predicted octanol–water partition coefficient (Wildman–Crippen LogP) is 2.13. The number of carbonyl (C=O) groups excluding carboxylic acids is 1. The minimum absolute atomic E-state index is 0.0513. The minimum Gasteiger partial charge on any atom is -0.493 e. The second-order valence-electron chi connectivity index (χ2n) is 5.98.